The minimum atomic E-state index is -2.80. The quantitative estimate of drug-likeness (QED) is 0.911. The second-order valence-electron chi connectivity index (χ2n) is 4.46. The van der Waals surface area contributed by atoms with Gasteiger partial charge in [-0.1, -0.05) is 18.2 Å². The van der Waals surface area contributed by atoms with Gasteiger partial charge >= 0.3 is 6.61 Å². The summed E-state index contributed by atoms with van der Waals surface area (Å²) in [5.74, 6) is 0.154. The topological polar surface area (TPSA) is 34.1 Å². The van der Waals surface area contributed by atoms with E-state index in [1.165, 1.54) is 12.1 Å². The van der Waals surface area contributed by atoms with E-state index >= 15 is 0 Å². The Balaban J connectivity index is 2.23. The van der Waals surface area contributed by atoms with Crippen LogP contribution in [0, 0.1) is 6.92 Å². The fourth-order valence-electron chi connectivity index (χ4n) is 2.10. The minimum Gasteiger partial charge on any atom is -0.435 e. The normalized spacial score (nSPS) is 12.4. The van der Waals surface area contributed by atoms with Crippen LogP contribution in [0.4, 0.5) is 8.78 Å². The number of nitrogens with zero attached hydrogens (tertiary/aromatic N) is 1. The third-order valence-corrected chi connectivity index (χ3v) is 2.96. The number of alkyl halides is 2. The van der Waals surface area contributed by atoms with Gasteiger partial charge in [0.25, 0.3) is 0 Å². The van der Waals surface area contributed by atoms with Gasteiger partial charge in [-0.25, -0.2) is 0 Å². The molecule has 20 heavy (non-hydrogen) atoms. The molecule has 2 rings (SSSR count). The molecule has 0 aliphatic heterocycles. The molecule has 0 spiro atoms. The lowest BCUT2D eigenvalue weighted by Crippen LogP contribution is -2.18. The Kier molecular flexibility index (Phi) is 4.63. The van der Waals surface area contributed by atoms with Crippen molar-refractivity contribution in [3.8, 4) is 5.75 Å². The number of aryl methyl sites for hydroxylation is 1. The van der Waals surface area contributed by atoms with Crippen LogP contribution in [-0.4, -0.2) is 18.6 Å². The highest BCUT2D eigenvalue weighted by molar-refractivity contribution is 5.35. The number of halogens is 2. The summed E-state index contributed by atoms with van der Waals surface area (Å²) in [7, 11) is 1.84. The predicted octanol–water partition coefficient (Wildman–Crippen LogP) is 3.30. The van der Waals surface area contributed by atoms with Crippen molar-refractivity contribution < 1.29 is 13.5 Å². The molecule has 3 nitrogen and oxygen atoms in total. The predicted molar refractivity (Wildman–Crippen MR) is 73.0 cm³/mol. The van der Waals surface area contributed by atoms with E-state index in [2.05, 4.69) is 15.0 Å². The smallest absolute Gasteiger partial charge is 0.387 e. The number of aromatic nitrogens is 1. The zero-order chi connectivity index (χ0) is 14.5. The summed E-state index contributed by atoms with van der Waals surface area (Å²) in [6, 6.07) is 8.60. The third kappa shape index (κ3) is 3.51. The van der Waals surface area contributed by atoms with Gasteiger partial charge in [0.15, 0.2) is 0 Å². The van der Waals surface area contributed by atoms with Crippen LogP contribution < -0.4 is 10.1 Å². The van der Waals surface area contributed by atoms with E-state index in [0.717, 1.165) is 16.7 Å². The van der Waals surface area contributed by atoms with Gasteiger partial charge < -0.3 is 10.1 Å². The largest absolute Gasteiger partial charge is 0.435 e. The monoisotopic (exact) mass is 278 g/mol. The van der Waals surface area contributed by atoms with Crippen molar-refractivity contribution >= 4 is 0 Å². The van der Waals surface area contributed by atoms with Gasteiger partial charge in [-0.05, 0) is 42.8 Å². The molecule has 1 heterocycles. The highest BCUT2D eigenvalue weighted by Crippen LogP contribution is 2.24. The lowest BCUT2D eigenvalue weighted by molar-refractivity contribution is -0.0498. The van der Waals surface area contributed by atoms with Crippen molar-refractivity contribution in [2.75, 3.05) is 7.05 Å². The van der Waals surface area contributed by atoms with Crippen molar-refractivity contribution in [2.45, 2.75) is 19.6 Å². The highest BCUT2D eigenvalue weighted by atomic mass is 19.3. The van der Waals surface area contributed by atoms with E-state index < -0.39 is 6.61 Å². The molecule has 5 heteroatoms. The van der Waals surface area contributed by atoms with Crippen LogP contribution in [0.25, 0.3) is 0 Å². The van der Waals surface area contributed by atoms with Gasteiger partial charge in [-0.2, -0.15) is 8.78 Å². The first-order chi connectivity index (χ1) is 9.60. The van der Waals surface area contributed by atoms with Crippen LogP contribution in [0.2, 0.25) is 0 Å². The molecule has 1 unspecified atom stereocenters. The van der Waals surface area contributed by atoms with Crippen LogP contribution in [-0.2, 0) is 0 Å². The molecule has 0 bridgehead atoms. The van der Waals surface area contributed by atoms with Crippen molar-refractivity contribution in [3.63, 3.8) is 0 Å². The Hall–Kier alpha value is -2.01. The number of rotatable bonds is 5. The molecule has 0 aliphatic rings. The molecule has 0 radical (unpaired) electrons. The van der Waals surface area contributed by atoms with Crippen molar-refractivity contribution in [3.05, 3.63) is 59.4 Å². The van der Waals surface area contributed by atoms with E-state index in [-0.39, 0.29) is 11.8 Å². The fourth-order valence-corrected chi connectivity index (χ4v) is 2.10. The summed E-state index contributed by atoms with van der Waals surface area (Å²) in [6.07, 6.45) is 3.58. The maximum Gasteiger partial charge on any atom is 0.387 e. The maximum absolute atomic E-state index is 12.1. The Morgan fingerprint density at radius 2 is 1.80 bits per heavy atom. The van der Waals surface area contributed by atoms with E-state index in [1.807, 2.05) is 20.0 Å². The van der Waals surface area contributed by atoms with Crippen molar-refractivity contribution in [2.24, 2.45) is 0 Å². The van der Waals surface area contributed by atoms with Crippen LogP contribution >= 0.6 is 0 Å². The van der Waals surface area contributed by atoms with E-state index in [9.17, 15) is 8.78 Å². The van der Waals surface area contributed by atoms with Crippen LogP contribution in [0.5, 0.6) is 5.75 Å². The molecule has 106 valence electrons. The van der Waals surface area contributed by atoms with Gasteiger partial charge in [-0.15, -0.1) is 0 Å². The SMILES string of the molecule is CNC(c1ccc(OC(F)F)cc1)c1cncc(C)c1. The molecule has 0 saturated heterocycles. The Morgan fingerprint density at radius 1 is 1.10 bits per heavy atom. The Bertz CT molecular complexity index is 558. The summed E-state index contributed by atoms with van der Waals surface area (Å²) < 4.78 is 28.6. The molecule has 0 aliphatic carbocycles. The van der Waals surface area contributed by atoms with Crippen molar-refractivity contribution in [1.29, 1.82) is 0 Å². The number of pyridine rings is 1. The first-order valence-corrected chi connectivity index (χ1v) is 6.23. The lowest BCUT2D eigenvalue weighted by Gasteiger charge is -2.17. The second kappa shape index (κ2) is 6.43. The van der Waals surface area contributed by atoms with E-state index in [1.54, 1.807) is 24.5 Å². The molecule has 0 amide bonds. The third-order valence-electron chi connectivity index (χ3n) is 2.96. The van der Waals surface area contributed by atoms with E-state index in [0.29, 0.717) is 0 Å². The minimum absolute atomic E-state index is 0.0389. The molecule has 1 atom stereocenters. The number of hydrogen-bond acceptors (Lipinski definition) is 3. The summed E-state index contributed by atoms with van der Waals surface area (Å²) in [6.45, 7) is -0.829. The van der Waals surface area contributed by atoms with E-state index in [4.69, 9.17) is 0 Å². The number of hydrogen-bond donors (Lipinski definition) is 1. The average Bonchev–Trinajstić information content (AvgIpc) is 2.41. The van der Waals surface area contributed by atoms with Gasteiger partial charge in [0.2, 0.25) is 0 Å². The molecule has 1 N–H and O–H groups in total. The number of ether oxygens (including phenoxy) is 1. The molecule has 1 aromatic carbocycles. The highest BCUT2D eigenvalue weighted by Gasteiger charge is 2.13. The Labute approximate surface area is 116 Å². The molecule has 0 saturated carbocycles. The van der Waals surface area contributed by atoms with Crippen LogP contribution in [0.15, 0.2) is 42.7 Å². The zero-order valence-corrected chi connectivity index (χ0v) is 11.3. The fraction of sp³-hybridized carbons (Fsp3) is 0.267. The zero-order valence-electron chi connectivity index (χ0n) is 11.3. The van der Waals surface area contributed by atoms with Crippen LogP contribution in [0.3, 0.4) is 0 Å². The Morgan fingerprint density at radius 3 is 2.35 bits per heavy atom. The molecule has 2 aromatic rings. The molecular formula is C15H16F2N2O. The van der Waals surface area contributed by atoms with Gasteiger partial charge in [0.05, 0.1) is 6.04 Å². The second-order valence-corrected chi connectivity index (χ2v) is 4.46. The first-order valence-electron chi connectivity index (χ1n) is 6.23. The standard InChI is InChI=1S/C15H16F2N2O/c1-10-7-12(9-19-8-10)14(18-2)11-3-5-13(6-4-11)20-15(16)17/h3-9,14-15,18H,1-2H3. The molecule has 0 fully saturated rings. The number of nitrogens with one attached hydrogen (secondary N) is 1. The van der Waals surface area contributed by atoms with Crippen LogP contribution in [0.1, 0.15) is 22.7 Å². The first kappa shape index (κ1) is 14.4. The maximum atomic E-state index is 12.1. The molecule has 1 aromatic heterocycles. The summed E-state index contributed by atoms with van der Waals surface area (Å²) in [4.78, 5) is 4.17. The molecular weight excluding hydrogens is 262 g/mol. The van der Waals surface area contributed by atoms with Gasteiger partial charge in [0, 0.05) is 12.4 Å². The summed E-state index contributed by atoms with van der Waals surface area (Å²) in [5.41, 5.74) is 3.05. The lowest BCUT2D eigenvalue weighted by atomic mass is 9.99. The summed E-state index contributed by atoms with van der Waals surface area (Å²) in [5, 5.41) is 3.19. The average molecular weight is 278 g/mol. The van der Waals surface area contributed by atoms with Crippen molar-refractivity contribution in [1.82, 2.24) is 10.3 Å². The van der Waals surface area contributed by atoms with Gasteiger partial charge in [0.1, 0.15) is 5.75 Å². The van der Waals surface area contributed by atoms with Gasteiger partial charge in [-0.3, -0.25) is 4.98 Å². The number of benzene rings is 1. The summed E-state index contributed by atoms with van der Waals surface area (Å²) >= 11 is 0.